The van der Waals surface area contributed by atoms with Gasteiger partial charge in [-0.25, -0.2) is 9.59 Å². The molecule has 0 saturated carbocycles. The Labute approximate surface area is 212 Å². The van der Waals surface area contributed by atoms with Crippen LogP contribution in [0.1, 0.15) is 36.4 Å². The lowest BCUT2D eigenvalue weighted by Crippen LogP contribution is -2.51. The number of amides is 1. The summed E-state index contributed by atoms with van der Waals surface area (Å²) in [4.78, 5) is 39.4. The number of carbonyl (C=O) groups is 3. The minimum Gasteiger partial charge on any atom is -0.475 e. The van der Waals surface area contributed by atoms with Crippen molar-refractivity contribution < 1.29 is 55.4 Å². The van der Waals surface area contributed by atoms with E-state index in [1.807, 2.05) is 37.3 Å². The summed E-state index contributed by atoms with van der Waals surface area (Å²) in [6, 6.07) is 10.7. The molecule has 2 aliphatic heterocycles. The molecule has 210 valence electrons. The first-order valence-corrected chi connectivity index (χ1v) is 11.2. The first kappa shape index (κ1) is 30.6. The minimum atomic E-state index is -5.08. The van der Waals surface area contributed by atoms with E-state index in [1.54, 1.807) is 6.26 Å². The van der Waals surface area contributed by atoms with Crippen LogP contribution in [0.15, 0.2) is 41.0 Å². The molecule has 2 aromatic heterocycles. The number of piperidine rings is 1. The van der Waals surface area contributed by atoms with Crippen LogP contribution in [0.5, 0.6) is 0 Å². The van der Waals surface area contributed by atoms with E-state index in [0.29, 0.717) is 25.0 Å². The van der Waals surface area contributed by atoms with E-state index in [9.17, 15) is 31.1 Å². The number of likely N-dealkylation sites (tertiary alicyclic amines) is 2. The average molecular weight is 553 g/mol. The van der Waals surface area contributed by atoms with Crippen molar-refractivity contribution in [1.82, 2.24) is 14.8 Å². The van der Waals surface area contributed by atoms with Crippen LogP contribution in [0, 0.1) is 6.92 Å². The number of rotatable bonds is 4. The van der Waals surface area contributed by atoms with Gasteiger partial charge in [-0.15, -0.1) is 0 Å². The van der Waals surface area contributed by atoms with Crippen molar-refractivity contribution in [3.05, 3.63) is 53.7 Å². The van der Waals surface area contributed by atoms with E-state index in [4.69, 9.17) is 24.2 Å². The fraction of sp³-hybridized carbons (Fsp3) is 0.478. The second-order valence-electron chi connectivity index (χ2n) is 8.41. The van der Waals surface area contributed by atoms with Crippen LogP contribution >= 0.6 is 0 Å². The maximum atomic E-state index is 12.5. The van der Waals surface area contributed by atoms with Crippen LogP contribution in [0.4, 0.5) is 26.3 Å². The van der Waals surface area contributed by atoms with Crippen molar-refractivity contribution in [1.29, 1.82) is 0 Å². The Morgan fingerprint density at radius 2 is 1.58 bits per heavy atom. The Morgan fingerprint density at radius 1 is 0.974 bits per heavy atom. The molecule has 2 fully saturated rings. The van der Waals surface area contributed by atoms with Gasteiger partial charge in [-0.3, -0.25) is 14.7 Å². The van der Waals surface area contributed by atoms with Crippen LogP contribution < -0.4 is 0 Å². The summed E-state index contributed by atoms with van der Waals surface area (Å²) in [5, 5.41) is 14.2. The Bertz CT molecular complexity index is 1070. The monoisotopic (exact) mass is 553 g/mol. The zero-order valence-corrected chi connectivity index (χ0v) is 20.0. The molecule has 2 saturated heterocycles. The molecule has 0 aromatic carbocycles. The smallest absolute Gasteiger partial charge is 0.475 e. The normalized spacial score (nSPS) is 19.6. The Morgan fingerprint density at radius 3 is 2.08 bits per heavy atom. The van der Waals surface area contributed by atoms with Crippen LogP contribution in [-0.2, 0) is 27.5 Å². The van der Waals surface area contributed by atoms with Crippen molar-refractivity contribution >= 4 is 17.8 Å². The highest BCUT2D eigenvalue weighted by atomic mass is 19.4. The van der Waals surface area contributed by atoms with Gasteiger partial charge in [0.1, 0.15) is 5.76 Å². The number of nitrogens with zero attached hydrogens (tertiary/aromatic N) is 3. The van der Waals surface area contributed by atoms with Crippen LogP contribution in [0.2, 0.25) is 0 Å². The van der Waals surface area contributed by atoms with Crippen molar-refractivity contribution in [2.24, 2.45) is 0 Å². The highest BCUT2D eigenvalue weighted by Crippen LogP contribution is 2.33. The molecule has 0 aliphatic carbocycles. The molecule has 0 radical (unpaired) electrons. The zero-order chi connectivity index (χ0) is 28.7. The third-order valence-electron chi connectivity index (χ3n) is 5.70. The Balaban J connectivity index is 0.000000301. The summed E-state index contributed by atoms with van der Waals surface area (Å²) >= 11 is 0. The van der Waals surface area contributed by atoms with Crippen molar-refractivity contribution in [3.63, 3.8) is 0 Å². The molecule has 1 amide bonds. The maximum absolute atomic E-state index is 12.5. The molecule has 38 heavy (non-hydrogen) atoms. The van der Waals surface area contributed by atoms with E-state index in [1.165, 1.54) is 0 Å². The zero-order valence-electron chi connectivity index (χ0n) is 20.0. The molecular weight excluding hydrogens is 528 g/mol. The molecule has 9 nitrogen and oxygen atoms in total. The molecule has 2 aromatic rings. The molecule has 0 bridgehead atoms. The van der Waals surface area contributed by atoms with Crippen molar-refractivity contribution in [2.45, 2.75) is 63.7 Å². The second kappa shape index (κ2) is 12.8. The van der Waals surface area contributed by atoms with Gasteiger partial charge in [0.2, 0.25) is 5.91 Å². The molecule has 0 unspecified atom stereocenters. The number of halogens is 6. The first-order chi connectivity index (χ1) is 17.6. The fourth-order valence-electron chi connectivity index (χ4n) is 4.10. The number of aliphatic carboxylic acids is 2. The van der Waals surface area contributed by atoms with Gasteiger partial charge in [0, 0.05) is 30.7 Å². The van der Waals surface area contributed by atoms with E-state index in [2.05, 4.69) is 14.8 Å². The standard InChI is InChI=1S/C19H23N3O2.2C2HF3O2/c1-14-4-2-5-15(20-14)12-22-18-9-10-21(13-16-6-3-11-24-16)17(18)7-8-19(22)23;2*3-2(4,5)1(6)7/h2-6,11,17-18H,7-10,12-13H2,1H3;2*(H,6,7)/t17-,18-;;/m1../s1. The summed E-state index contributed by atoms with van der Waals surface area (Å²) in [5.74, 6) is -4.25. The summed E-state index contributed by atoms with van der Waals surface area (Å²) in [6.45, 7) is 4.46. The minimum absolute atomic E-state index is 0.263. The number of carboxylic acids is 2. The summed E-state index contributed by atoms with van der Waals surface area (Å²) < 4.78 is 69.0. The summed E-state index contributed by atoms with van der Waals surface area (Å²) in [7, 11) is 0. The van der Waals surface area contributed by atoms with Gasteiger partial charge in [0.25, 0.3) is 0 Å². The first-order valence-electron chi connectivity index (χ1n) is 11.2. The fourth-order valence-corrected chi connectivity index (χ4v) is 4.10. The lowest BCUT2D eigenvalue weighted by Gasteiger charge is -2.39. The Kier molecular flexibility index (Phi) is 10.3. The van der Waals surface area contributed by atoms with Crippen molar-refractivity contribution in [2.75, 3.05) is 6.54 Å². The molecule has 15 heteroatoms. The number of aromatic nitrogens is 1. The van der Waals surface area contributed by atoms with Crippen LogP contribution in [0.25, 0.3) is 0 Å². The molecular formula is C23H25F6N3O6. The number of fused-ring (bicyclic) bond motifs is 1. The van der Waals surface area contributed by atoms with Gasteiger partial charge in [-0.05, 0) is 44.0 Å². The largest absolute Gasteiger partial charge is 0.490 e. The van der Waals surface area contributed by atoms with Gasteiger partial charge in [0.15, 0.2) is 0 Å². The number of hydrogen-bond acceptors (Lipinski definition) is 6. The van der Waals surface area contributed by atoms with Gasteiger partial charge in [-0.2, -0.15) is 26.3 Å². The number of furan rings is 1. The van der Waals surface area contributed by atoms with E-state index in [-0.39, 0.29) is 5.91 Å². The van der Waals surface area contributed by atoms with Gasteiger partial charge in [0.05, 0.1) is 25.0 Å². The lowest BCUT2D eigenvalue weighted by molar-refractivity contribution is -0.193. The third-order valence-corrected chi connectivity index (χ3v) is 5.70. The van der Waals surface area contributed by atoms with E-state index >= 15 is 0 Å². The SMILES string of the molecule is Cc1cccc(CN2C(=O)CC[C@@H]3[C@H]2CCN3Cc2ccco2)n1.O=C(O)C(F)(F)F.O=C(O)C(F)(F)F. The number of carbonyl (C=O) groups excluding carboxylic acids is 1. The molecule has 4 rings (SSSR count). The predicted octanol–water partition coefficient (Wildman–Crippen LogP) is 4.02. The van der Waals surface area contributed by atoms with Crippen LogP contribution in [0.3, 0.4) is 0 Å². The molecule has 2 N–H and O–H groups in total. The number of hydrogen-bond donors (Lipinski definition) is 2. The molecule has 0 spiro atoms. The molecule has 2 aliphatic rings. The maximum Gasteiger partial charge on any atom is 0.490 e. The topological polar surface area (TPSA) is 124 Å². The summed E-state index contributed by atoms with van der Waals surface area (Å²) in [5.41, 5.74) is 1.98. The quantitative estimate of drug-likeness (QED) is 0.545. The highest BCUT2D eigenvalue weighted by molar-refractivity contribution is 5.77. The number of aryl methyl sites for hydroxylation is 1. The van der Waals surface area contributed by atoms with Gasteiger partial charge >= 0.3 is 24.3 Å². The Hall–Kier alpha value is -3.62. The number of pyridine rings is 1. The second-order valence-corrected chi connectivity index (χ2v) is 8.41. The molecule has 4 heterocycles. The predicted molar refractivity (Wildman–Crippen MR) is 117 cm³/mol. The van der Waals surface area contributed by atoms with Crippen LogP contribution in [-0.4, -0.2) is 73.8 Å². The highest BCUT2D eigenvalue weighted by Gasteiger charge is 2.43. The average Bonchev–Trinajstić information content (AvgIpc) is 3.46. The van der Waals surface area contributed by atoms with Gasteiger partial charge in [-0.1, -0.05) is 6.07 Å². The molecule has 2 atom stereocenters. The lowest BCUT2D eigenvalue weighted by atomic mass is 9.96. The van der Waals surface area contributed by atoms with Crippen molar-refractivity contribution in [3.8, 4) is 0 Å². The number of alkyl halides is 6. The van der Waals surface area contributed by atoms with E-state index in [0.717, 1.165) is 43.1 Å². The van der Waals surface area contributed by atoms with E-state index < -0.39 is 24.3 Å². The number of carboxylic acid groups (broad SMARTS) is 2. The summed E-state index contributed by atoms with van der Waals surface area (Å²) in [6.07, 6.45) is -5.84. The van der Waals surface area contributed by atoms with Gasteiger partial charge < -0.3 is 19.5 Å². The third kappa shape index (κ3) is 9.04.